The first kappa shape index (κ1) is 21.1. The molecular formula is C19H27F3N4O. The summed E-state index contributed by atoms with van der Waals surface area (Å²) in [6, 6.07) is 4.11. The van der Waals surface area contributed by atoms with Gasteiger partial charge in [0.05, 0.1) is 0 Å². The highest BCUT2D eigenvalue weighted by molar-refractivity contribution is 5.80. The van der Waals surface area contributed by atoms with Crippen LogP contribution in [0.1, 0.15) is 25.3 Å². The first-order valence-electron chi connectivity index (χ1n) is 8.95. The molecule has 0 atom stereocenters. The molecular weight excluding hydrogens is 357 g/mol. The Hall–Kier alpha value is -2.22. The third kappa shape index (κ3) is 6.78. The van der Waals surface area contributed by atoms with E-state index in [4.69, 9.17) is 0 Å². The quantitative estimate of drug-likeness (QED) is 0.431. The first-order chi connectivity index (χ1) is 12.9. The molecule has 0 amide bonds. The number of ether oxygens (including phenoxy) is 1. The molecule has 0 spiro atoms. The maximum atomic E-state index is 14.0. The minimum atomic E-state index is -3.01. The highest BCUT2D eigenvalue weighted by atomic mass is 19.3. The fourth-order valence-electron chi connectivity index (χ4n) is 3.09. The normalized spacial score (nSPS) is 16.4. The van der Waals surface area contributed by atoms with E-state index in [-0.39, 0.29) is 23.9 Å². The van der Waals surface area contributed by atoms with Crippen LogP contribution in [-0.2, 0) is 6.54 Å². The van der Waals surface area contributed by atoms with Gasteiger partial charge in [0.1, 0.15) is 11.6 Å². The molecule has 8 heteroatoms. The monoisotopic (exact) mass is 384 g/mol. The van der Waals surface area contributed by atoms with E-state index in [1.807, 2.05) is 6.92 Å². The van der Waals surface area contributed by atoms with E-state index in [1.54, 1.807) is 7.05 Å². The van der Waals surface area contributed by atoms with Crippen LogP contribution in [0.4, 0.5) is 13.2 Å². The number of rotatable bonds is 7. The number of aliphatic imine (C=N–C) groups is 1. The molecule has 1 aliphatic heterocycles. The summed E-state index contributed by atoms with van der Waals surface area (Å²) < 4.78 is 43.4. The minimum Gasteiger partial charge on any atom is -0.434 e. The number of hydrogen-bond acceptors (Lipinski definition) is 3. The highest BCUT2D eigenvalue weighted by Crippen LogP contribution is 2.23. The molecule has 2 N–H and O–H groups in total. The minimum absolute atomic E-state index is 0.0110. The number of likely N-dealkylation sites (tertiary alicyclic amines) is 1. The van der Waals surface area contributed by atoms with Gasteiger partial charge in [-0.15, -0.1) is 0 Å². The van der Waals surface area contributed by atoms with Gasteiger partial charge >= 0.3 is 6.61 Å². The van der Waals surface area contributed by atoms with Gasteiger partial charge in [-0.05, 0) is 31.9 Å². The number of nitrogens with one attached hydrogen (secondary N) is 2. The Morgan fingerprint density at radius 1 is 1.37 bits per heavy atom. The maximum absolute atomic E-state index is 14.0. The van der Waals surface area contributed by atoms with Crippen molar-refractivity contribution in [2.24, 2.45) is 4.99 Å². The Morgan fingerprint density at radius 3 is 2.67 bits per heavy atom. The average Bonchev–Trinajstić information content (AvgIpc) is 2.60. The zero-order chi connectivity index (χ0) is 19.8. The molecule has 27 heavy (non-hydrogen) atoms. The van der Waals surface area contributed by atoms with Crippen molar-refractivity contribution in [3.05, 3.63) is 41.7 Å². The summed E-state index contributed by atoms with van der Waals surface area (Å²) in [4.78, 5) is 6.49. The van der Waals surface area contributed by atoms with Gasteiger partial charge in [-0.3, -0.25) is 9.89 Å². The van der Waals surface area contributed by atoms with E-state index in [2.05, 4.69) is 31.8 Å². The predicted molar refractivity (Wildman–Crippen MR) is 101 cm³/mol. The zero-order valence-electron chi connectivity index (χ0n) is 15.8. The van der Waals surface area contributed by atoms with Crippen molar-refractivity contribution in [3.63, 3.8) is 0 Å². The van der Waals surface area contributed by atoms with E-state index in [0.717, 1.165) is 38.0 Å². The second-order valence-electron chi connectivity index (χ2n) is 6.67. The van der Waals surface area contributed by atoms with Gasteiger partial charge < -0.3 is 15.4 Å². The van der Waals surface area contributed by atoms with Crippen LogP contribution in [0.5, 0.6) is 5.75 Å². The van der Waals surface area contributed by atoms with E-state index < -0.39 is 12.4 Å². The number of halogens is 3. The SMILES string of the molecule is C=C(C)CN1CCC(NC(=NC)NCc2c(F)cccc2OC(F)F)CC1. The van der Waals surface area contributed by atoms with Gasteiger partial charge in [0.2, 0.25) is 0 Å². The Kier molecular flexibility index (Phi) is 7.97. The average molecular weight is 384 g/mol. The summed E-state index contributed by atoms with van der Waals surface area (Å²) >= 11 is 0. The Balaban J connectivity index is 1.89. The summed E-state index contributed by atoms with van der Waals surface area (Å²) in [5, 5.41) is 6.29. The van der Waals surface area contributed by atoms with Crippen molar-refractivity contribution in [3.8, 4) is 5.75 Å². The Morgan fingerprint density at radius 2 is 2.07 bits per heavy atom. The fraction of sp³-hybridized carbons (Fsp3) is 0.526. The molecule has 0 unspecified atom stereocenters. The molecule has 1 saturated heterocycles. The highest BCUT2D eigenvalue weighted by Gasteiger charge is 2.20. The number of alkyl halides is 2. The van der Waals surface area contributed by atoms with Crippen LogP contribution >= 0.6 is 0 Å². The van der Waals surface area contributed by atoms with Crippen LogP contribution in [0, 0.1) is 5.82 Å². The lowest BCUT2D eigenvalue weighted by Crippen LogP contribution is -2.48. The van der Waals surface area contributed by atoms with Crippen molar-refractivity contribution in [2.75, 3.05) is 26.7 Å². The van der Waals surface area contributed by atoms with Crippen LogP contribution < -0.4 is 15.4 Å². The molecule has 2 rings (SSSR count). The van der Waals surface area contributed by atoms with Gasteiger partial charge in [0, 0.05) is 44.8 Å². The number of guanidine groups is 1. The molecule has 5 nitrogen and oxygen atoms in total. The van der Waals surface area contributed by atoms with Crippen LogP contribution in [-0.4, -0.2) is 50.2 Å². The summed E-state index contributed by atoms with van der Waals surface area (Å²) in [6.07, 6.45) is 1.90. The third-order valence-corrected chi connectivity index (χ3v) is 4.37. The van der Waals surface area contributed by atoms with E-state index in [1.165, 1.54) is 18.2 Å². The molecule has 1 aromatic carbocycles. The van der Waals surface area contributed by atoms with Crippen LogP contribution in [0.25, 0.3) is 0 Å². The molecule has 1 aliphatic rings. The lowest BCUT2D eigenvalue weighted by molar-refractivity contribution is -0.0506. The molecule has 150 valence electrons. The summed E-state index contributed by atoms with van der Waals surface area (Å²) in [5.74, 6) is -0.287. The second kappa shape index (κ2) is 10.2. The Labute approximate surface area is 158 Å². The van der Waals surface area contributed by atoms with Gasteiger partial charge in [-0.25, -0.2) is 4.39 Å². The smallest absolute Gasteiger partial charge is 0.387 e. The van der Waals surface area contributed by atoms with E-state index in [0.29, 0.717) is 5.96 Å². The number of nitrogens with zero attached hydrogens (tertiary/aromatic N) is 2. The summed E-state index contributed by atoms with van der Waals surface area (Å²) in [7, 11) is 1.61. The van der Waals surface area contributed by atoms with Crippen LogP contribution in [0.2, 0.25) is 0 Å². The largest absolute Gasteiger partial charge is 0.434 e. The van der Waals surface area contributed by atoms with Crippen molar-refractivity contribution < 1.29 is 17.9 Å². The van der Waals surface area contributed by atoms with Crippen molar-refractivity contribution in [1.29, 1.82) is 0 Å². The van der Waals surface area contributed by atoms with E-state index >= 15 is 0 Å². The van der Waals surface area contributed by atoms with Crippen LogP contribution in [0.15, 0.2) is 35.3 Å². The van der Waals surface area contributed by atoms with Crippen molar-refractivity contribution in [2.45, 2.75) is 39.0 Å². The molecule has 0 bridgehead atoms. The summed E-state index contributed by atoms with van der Waals surface area (Å²) in [5.41, 5.74) is 1.18. The molecule has 0 aromatic heterocycles. The second-order valence-corrected chi connectivity index (χ2v) is 6.67. The molecule has 0 saturated carbocycles. The van der Waals surface area contributed by atoms with Crippen LogP contribution in [0.3, 0.4) is 0 Å². The molecule has 1 fully saturated rings. The number of piperidine rings is 1. The molecule has 0 radical (unpaired) electrons. The first-order valence-corrected chi connectivity index (χ1v) is 8.95. The van der Waals surface area contributed by atoms with Gasteiger partial charge in [0.15, 0.2) is 5.96 Å². The zero-order valence-corrected chi connectivity index (χ0v) is 15.8. The number of hydrogen-bond donors (Lipinski definition) is 2. The summed E-state index contributed by atoms with van der Waals surface area (Å²) in [6.45, 7) is 5.76. The third-order valence-electron chi connectivity index (χ3n) is 4.37. The van der Waals surface area contributed by atoms with Gasteiger partial charge in [-0.1, -0.05) is 18.2 Å². The standard InChI is InChI=1S/C19H27F3N4O/c1-13(2)12-26-9-7-14(8-10-26)25-19(23-3)24-11-15-16(20)5-4-6-17(15)27-18(21)22/h4-6,14,18H,1,7-12H2,2-3H3,(H2,23,24,25). The fourth-order valence-corrected chi connectivity index (χ4v) is 3.09. The number of benzene rings is 1. The molecule has 0 aliphatic carbocycles. The predicted octanol–water partition coefficient (Wildman–Crippen LogP) is 3.13. The molecule has 1 aromatic rings. The van der Waals surface area contributed by atoms with Crippen molar-refractivity contribution in [1.82, 2.24) is 15.5 Å². The van der Waals surface area contributed by atoms with Gasteiger partial charge in [0.25, 0.3) is 0 Å². The maximum Gasteiger partial charge on any atom is 0.387 e. The lowest BCUT2D eigenvalue weighted by Gasteiger charge is -2.33. The van der Waals surface area contributed by atoms with E-state index in [9.17, 15) is 13.2 Å². The topological polar surface area (TPSA) is 48.9 Å². The lowest BCUT2D eigenvalue weighted by atomic mass is 10.0. The van der Waals surface area contributed by atoms with Gasteiger partial charge in [-0.2, -0.15) is 8.78 Å². The Bertz CT molecular complexity index is 658. The van der Waals surface area contributed by atoms with Crippen molar-refractivity contribution >= 4 is 5.96 Å². The molecule has 1 heterocycles.